The lowest BCUT2D eigenvalue weighted by Gasteiger charge is -2.04. The zero-order valence-corrected chi connectivity index (χ0v) is 9.89. The van der Waals surface area contributed by atoms with Gasteiger partial charge in [-0.1, -0.05) is 35.6 Å². The molecule has 0 amide bonds. The molecule has 84 valence electrons. The number of benzene rings is 1. The van der Waals surface area contributed by atoms with Gasteiger partial charge in [0.2, 0.25) is 4.96 Å². The van der Waals surface area contributed by atoms with E-state index in [2.05, 4.69) is 39.6 Å². The van der Waals surface area contributed by atoms with Crippen LogP contribution in [0.25, 0.3) is 15.5 Å². The Kier molecular flexibility index (Phi) is 1.84. The third-order valence-corrected chi connectivity index (χ3v) is 4.04. The second-order valence-electron chi connectivity index (χ2n) is 4.33. The van der Waals surface area contributed by atoms with Crippen molar-refractivity contribution in [3.05, 3.63) is 36.2 Å². The molecular weight excluding hydrogens is 232 g/mol. The number of aromatic nitrogens is 4. The number of fused-ring (bicyclic) bond motifs is 1. The molecule has 1 saturated carbocycles. The van der Waals surface area contributed by atoms with Crippen LogP contribution in [0.1, 0.15) is 24.3 Å². The number of rotatable bonds is 2. The zero-order valence-electron chi connectivity index (χ0n) is 9.08. The Morgan fingerprint density at radius 3 is 2.94 bits per heavy atom. The van der Waals surface area contributed by atoms with Crippen molar-refractivity contribution in [2.45, 2.75) is 18.8 Å². The summed E-state index contributed by atoms with van der Waals surface area (Å²) in [6.07, 6.45) is 4.26. The van der Waals surface area contributed by atoms with Crippen LogP contribution in [0.4, 0.5) is 0 Å². The van der Waals surface area contributed by atoms with E-state index < -0.39 is 0 Å². The lowest BCUT2D eigenvalue weighted by atomic mass is 10.0. The second kappa shape index (κ2) is 3.37. The van der Waals surface area contributed by atoms with Gasteiger partial charge in [-0.25, -0.2) is 0 Å². The van der Waals surface area contributed by atoms with Gasteiger partial charge in [-0.15, -0.1) is 10.2 Å². The molecule has 0 bridgehead atoms. The Morgan fingerprint density at radius 2 is 2.12 bits per heavy atom. The normalized spacial score (nSPS) is 15.5. The number of hydrogen-bond acceptors (Lipinski definition) is 4. The van der Waals surface area contributed by atoms with Gasteiger partial charge in [-0.2, -0.15) is 9.61 Å². The maximum Gasteiger partial charge on any atom is 0.234 e. The molecule has 0 spiro atoms. The summed E-state index contributed by atoms with van der Waals surface area (Å²) in [5.74, 6) is 0.737. The predicted octanol–water partition coefficient (Wildman–Crippen LogP) is 2.73. The fourth-order valence-corrected chi connectivity index (χ4v) is 2.98. The highest BCUT2D eigenvalue weighted by atomic mass is 32.1. The van der Waals surface area contributed by atoms with E-state index in [-0.39, 0.29) is 0 Å². The van der Waals surface area contributed by atoms with Crippen molar-refractivity contribution in [3.8, 4) is 10.6 Å². The molecule has 0 aliphatic heterocycles. The van der Waals surface area contributed by atoms with Crippen LogP contribution in [0.3, 0.4) is 0 Å². The highest BCUT2D eigenvalue weighted by Crippen LogP contribution is 2.44. The smallest absolute Gasteiger partial charge is 0.190 e. The molecule has 1 fully saturated rings. The van der Waals surface area contributed by atoms with E-state index in [0.717, 1.165) is 15.9 Å². The minimum Gasteiger partial charge on any atom is -0.190 e. The van der Waals surface area contributed by atoms with Gasteiger partial charge in [0.1, 0.15) is 11.3 Å². The van der Waals surface area contributed by atoms with E-state index in [0.29, 0.717) is 0 Å². The number of hydrogen-bond donors (Lipinski definition) is 0. The SMILES string of the molecule is c1ccc(C2CC2)c(-c2nn3cnnc3s2)c1. The van der Waals surface area contributed by atoms with E-state index in [1.807, 2.05) is 0 Å². The van der Waals surface area contributed by atoms with Gasteiger partial charge in [-0.05, 0) is 24.3 Å². The van der Waals surface area contributed by atoms with Crippen molar-refractivity contribution in [3.63, 3.8) is 0 Å². The first-order valence-corrected chi connectivity index (χ1v) is 6.49. The average molecular weight is 242 g/mol. The van der Waals surface area contributed by atoms with E-state index in [9.17, 15) is 0 Å². The molecule has 0 N–H and O–H groups in total. The van der Waals surface area contributed by atoms with Crippen LogP contribution in [0.5, 0.6) is 0 Å². The minimum absolute atomic E-state index is 0.737. The Hall–Kier alpha value is -1.75. The lowest BCUT2D eigenvalue weighted by Crippen LogP contribution is -1.87. The van der Waals surface area contributed by atoms with Gasteiger partial charge in [0.15, 0.2) is 0 Å². The van der Waals surface area contributed by atoms with Gasteiger partial charge in [-0.3, -0.25) is 0 Å². The molecule has 5 heteroatoms. The average Bonchev–Trinajstić information content (AvgIpc) is 2.97. The van der Waals surface area contributed by atoms with E-state index in [1.165, 1.54) is 24.0 Å². The van der Waals surface area contributed by atoms with E-state index >= 15 is 0 Å². The van der Waals surface area contributed by atoms with Crippen LogP contribution < -0.4 is 0 Å². The maximum atomic E-state index is 4.52. The molecular formula is C12H10N4S. The summed E-state index contributed by atoms with van der Waals surface area (Å²) >= 11 is 1.59. The van der Waals surface area contributed by atoms with Crippen molar-refractivity contribution in [2.75, 3.05) is 0 Å². The van der Waals surface area contributed by atoms with Crippen LogP contribution >= 0.6 is 11.3 Å². The molecule has 1 aliphatic carbocycles. The van der Waals surface area contributed by atoms with Crippen molar-refractivity contribution in [1.82, 2.24) is 19.8 Å². The molecule has 4 rings (SSSR count). The third kappa shape index (κ3) is 1.46. The first-order chi connectivity index (χ1) is 8.42. The van der Waals surface area contributed by atoms with Gasteiger partial charge < -0.3 is 0 Å². The Balaban J connectivity index is 1.90. The molecule has 0 radical (unpaired) electrons. The monoisotopic (exact) mass is 242 g/mol. The molecule has 2 heterocycles. The van der Waals surface area contributed by atoms with Gasteiger partial charge in [0.25, 0.3) is 0 Å². The van der Waals surface area contributed by atoms with Crippen LogP contribution in [-0.2, 0) is 0 Å². The van der Waals surface area contributed by atoms with Crippen LogP contribution in [0, 0.1) is 0 Å². The number of nitrogens with zero attached hydrogens (tertiary/aromatic N) is 4. The minimum atomic E-state index is 0.737. The van der Waals surface area contributed by atoms with E-state index in [4.69, 9.17) is 0 Å². The molecule has 1 aromatic carbocycles. The summed E-state index contributed by atoms with van der Waals surface area (Å²) in [6.45, 7) is 0. The summed E-state index contributed by atoms with van der Waals surface area (Å²) in [6, 6.07) is 8.55. The topological polar surface area (TPSA) is 43.1 Å². The molecule has 0 unspecified atom stereocenters. The van der Waals surface area contributed by atoms with Crippen molar-refractivity contribution in [1.29, 1.82) is 0 Å². The van der Waals surface area contributed by atoms with E-state index in [1.54, 1.807) is 22.2 Å². The first kappa shape index (κ1) is 9.30. The summed E-state index contributed by atoms with van der Waals surface area (Å²) in [4.78, 5) is 0.852. The molecule has 1 aliphatic rings. The highest BCUT2D eigenvalue weighted by Gasteiger charge is 2.27. The van der Waals surface area contributed by atoms with Crippen LogP contribution in [0.2, 0.25) is 0 Å². The fourth-order valence-electron chi connectivity index (χ4n) is 2.11. The Morgan fingerprint density at radius 1 is 1.24 bits per heavy atom. The lowest BCUT2D eigenvalue weighted by molar-refractivity contribution is 0.957. The molecule has 0 saturated heterocycles. The molecule has 2 aromatic heterocycles. The highest BCUT2D eigenvalue weighted by molar-refractivity contribution is 7.19. The van der Waals surface area contributed by atoms with Gasteiger partial charge in [0, 0.05) is 5.56 Å². The third-order valence-electron chi connectivity index (χ3n) is 3.10. The molecule has 3 aromatic rings. The standard InChI is InChI=1S/C12H10N4S/c1-2-4-10(9(3-1)8-5-6-8)11-15-16-7-13-14-12(16)17-11/h1-4,7-8H,5-6H2. The quantitative estimate of drug-likeness (QED) is 0.694. The zero-order chi connectivity index (χ0) is 11.2. The van der Waals surface area contributed by atoms with Crippen molar-refractivity contribution < 1.29 is 0 Å². The van der Waals surface area contributed by atoms with Crippen molar-refractivity contribution in [2.24, 2.45) is 0 Å². The summed E-state index contributed by atoms with van der Waals surface area (Å²) in [5, 5.41) is 13.4. The summed E-state index contributed by atoms with van der Waals surface area (Å²) < 4.78 is 1.74. The summed E-state index contributed by atoms with van der Waals surface area (Å²) in [5.41, 5.74) is 2.68. The Labute approximate surface area is 102 Å². The van der Waals surface area contributed by atoms with Crippen LogP contribution in [-0.4, -0.2) is 19.8 Å². The first-order valence-electron chi connectivity index (χ1n) is 5.68. The predicted molar refractivity (Wildman–Crippen MR) is 66.1 cm³/mol. The molecule has 0 atom stereocenters. The molecule has 4 nitrogen and oxygen atoms in total. The largest absolute Gasteiger partial charge is 0.234 e. The summed E-state index contributed by atoms with van der Waals surface area (Å²) in [7, 11) is 0. The van der Waals surface area contributed by atoms with Crippen LogP contribution in [0.15, 0.2) is 30.6 Å². The van der Waals surface area contributed by atoms with Crippen molar-refractivity contribution >= 4 is 16.3 Å². The van der Waals surface area contributed by atoms with Gasteiger partial charge >= 0.3 is 0 Å². The Bertz CT molecular complexity index is 652. The van der Waals surface area contributed by atoms with Gasteiger partial charge in [0.05, 0.1) is 0 Å². The second-order valence-corrected chi connectivity index (χ2v) is 5.28. The molecule has 17 heavy (non-hydrogen) atoms. The maximum absolute atomic E-state index is 4.52. The fraction of sp³-hybridized carbons (Fsp3) is 0.250.